The first-order valence-corrected chi connectivity index (χ1v) is 9.60. The molecule has 2 unspecified atom stereocenters. The van der Waals surface area contributed by atoms with Crippen molar-refractivity contribution in [3.05, 3.63) is 48.1 Å². The highest BCUT2D eigenvalue weighted by Gasteiger charge is 2.31. The van der Waals surface area contributed by atoms with Crippen molar-refractivity contribution < 1.29 is 14.3 Å². The first-order valence-electron chi connectivity index (χ1n) is 8.72. The Morgan fingerprint density at radius 1 is 1.41 bits per heavy atom. The van der Waals surface area contributed by atoms with Gasteiger partial charge in [0.2, 0.25) is 0 Å². The van der Waals surface area contributed by atoms with Crippen LogP contribution in [0.3, 0.4) is 0 Å². The van der Waals surface area contributed by atoms with E-state index in [0.29, 0.717) is 18.3 Å². The van der Waals surface area contributed by atoms with Gasteiger partial charge in [-0.1, -0.05) is 12.1 Å². The molecule has 1 saturated heterocycles. The zero-order valence-corrected chi connectivity index (χ0v) is 15.7. The van der Waals surface area contributed by atoms with Crippen molar-refractivity contribution in [2.24, 2.45) is 5.92 Å². The van der Waals surface area contributed by atoms with E-state index < -0.39 is 6.10 Å². The normalized spacial score (nSPS) is 17.7. The van der Waals surface area contributed by atoms with Crippen LogP contribution in [0.1, 0.15) is 6.42 Å². The number of nitrogens with zero attached hydrogens (tertiary/aromatic N) is 3. The molecule has 2 atom stereocenters. The van der Waals surface area contributed by atoms with Crippen molar-refractivity contribution in [3.63, 3.8) is 0 Å². The largest absolute Gasteiger partial charge is 0.381 e. The third-order valence-corrected chi connectivity index (χ3v) is 5.33. The molecule has 1 aliphatic heterocycles. The van der Waals surface area contributed by atoms with Crippen molar-refractivity contribution in [3.8, 4) is 16.9 Å². The summed E-state index contributed by atoms with van der Waals surface area (Å²) in [6, 6.07) is 9.84. The van der Waals surface area contributed by atoms with Gasteiger partial charge >= 0.3 is 0 Å². The Labute approximate surface area is 161 Å². The van der Waals surface area contributed by atoms with Gasteiger partial charge < -0.3 is 9.47 Å². The predicted octanol–water partition coefficient (Wildman–Crippen LogP) is 2.99. The van der Waals surface area contributed by atoms with Crippen LogP contribution in [-0.2, 0) is 14.3 Å². The lowest BCUT2D eigenvalue weighted by Crippen LogP contribution is -2.36. The SMILES string of the molecule is COC(C(=O)Nc1nc(-c2ccc(-n3cccn3)cc2)cs1)C1CCOC1. The van der Waals surface area contributed by atoms with Gasteiger partial charge in [-0.3, -0.25) is 10.1 Å². The molecule has 1 fully saturated rings. The maximum absolute atomic E-state index is 12.5. The first-order chi connectivity index (χ1) is 13.2. The van der Waals surface area contributed by atoms with Crippen LogP contribution in [0.25, 0.3) is 16.9 Å². The predicted molar refractivity (Wildman–Crippen MR) is 103 cm³/mol. The lowest BCUT2D eigenvalue weighted by molar-refractivity contribution is -0.128. The Kier molecular flexibility index (Phi) is 5.28. The van der Waals surface area contributed by atoms with E-state index in [1.54, 1.807) is 18.0 Å². The molecule has 2 aromatic heterocycles. The van der Waals surface area contributed by atoms with Gasteiger partial charge in [0.25, 0.3) is 5.91 Å². The van der Waals surface area contributed by atoms with Crippen LogP contribution in [-0.4, -0.2) is 47.1 Å². The molecule has 7 nitrogen and oxygen atoms in total. The number of aromatic nitrogens is 3. The first kappa shape index (κ1) is 17.8. The minimum atomic E-state index is -0.520. The van der Waals surface area contributed by atoms with Gasteiger partial charge in [-0.15, -0.1) is 11.3 Å². The third-order valence-electron chi connectivity index (χ3n) is 4.57. The van der Waals surface area contributed by atoms with E-state index in [0.717, 1.165) is 23.4 Å². The number of hydrogen-bond donors (Lipinski definition) is 1. The molecule has 1 aromatic carbocycles. The fraction of sp³-hybridized carbons (Fsp3) is 0.316. The molecule has 0 aliphatic carbocycles. The topological polar surface area (TPSA) is 78.3 Å². The Morgan fingerprint density at radius 3 is 2.93 bits per heavy atom. The molecule has 1 aliphatic rings. The highest BCUT2D eigenvalue weighted by atomic mass is 32.1. The Hall–Kier alpha value is -2.55. The summed E-state index contributed by atoms with van der Waals surface area (Å²) in [4.78, 5) is 17.1. The molecule has 140 valence electrons. The Balaban J connectivity index is 1.44. The summed E-state index contributed by atoms with van der Waals surface area (Å²) in [7, 11) is 1.55. The maximum Gasteiger partial charge on any atom is 0.255 e. The monoisotopic (exact) mass is 384 g/mol. The lowest BCUT2D eigenvalue weighted by Gasteiger charge is -2.19. The number of carbonyl (C=O) groups excluding carboxylic acids is 1. The Morgan fingerprint density at radius 2 is 2.26 bits per heavy atom. The third kappa shape index (κ3) is 3.92. The Bertz CT molecular complexity index is 886. The zero-order valence-electron chi connectivity index (χ0n) is 14.9. The smallest absolute Gasteiger partial charge is 0.255 e. The van der Waals surface area contributed by atoms with Gasteiger partial charge in [0.15, 0.2) is 5.13 Å². The van der Waals surface area contributed by atoms with Crippen LogP contribution in [0.2, 0.25) is 0 Å². The summed E-state index contributed by atoms with van der Waals surface area (Å²) in [6.45, 7) is 1.23. The lowest BCUT2D eigenvalue weighted by atomic mass is 10.0. The molecule has 0 radical (unpaired) electrons. The van der Waals surface area contributed by atoms with Crippen molar-refractivity contribution in [1.29, 1.82) is 0 Å². The van der Waals surface area contributed by atoms with Gasteiger partial charge in [-0.25, -0.2) is 9.67 Å². The molecule has 4 rings (SSSR count). The van der Waals surface area contributed by atoms with Crippen molar-refractivity contribution >= 4 is 22.4 Å². The molecule has 0 saturated carbocycles. The minimum Gasteiger partial charge on any atom is -0.381 e. The molecule has 3 heterocycles. The summed E-state index contributed by atoms with van der Waals surface area (Å²) in [5, 5.41) is 9.58. The van der Waals surface area contributed by atoms with Gasteiger partial charge in [-0.2, -0.15) is 5.10 Å². The second-order valence-electron chi connectivity index (χ2n) is 6.30. The van der Waals surface area contributed by atoms with E-state index in [2.05, 4.69) is 15.4 Å². The van der Waals surface area contributed by atoms with Crippen LogP contribution in [0, 0.1) is 5.92 Å². The number of thiazole rings is 1. The van der Waals surface area contributed by atoms with Gasteiger partial charge in [0, 0.05) is 43.0 Å². The fourth-order valence-corrected chi connectivity index (χ4v) is 3.87. The standard InChI is InChI=1S/C19H20N4O3S/c1-25-17(14-7-10-26-11-14)18(24)22-19-21-16(12-27-19)13-3-5-15(6-4-13)23-9-2-8-20-23/h2-6,8-9,12,14,17H,7,10-11H2,1H3,(H,21,22,24). The summed E-state index contributed by atoms with van der Waals surface area (Å²) < 4.78 is 12.5. The highest BCUT2D eigenvalue weighted by Crippen LogP contribution is 2.27. The molecular weight excluding hydrogens is 364 g/mol. The van der Waals surface area contributed by atoms with E-state index in [1.165, 1.54) is 11.3 Å². The van der Waals surface area contributed by atoms with E-state index >= 15 is 0 Å². The summed E-state index contributed by atoms with van der Waals surface area (Å²) >= 11 is 1.40. The number of methoxy groups -OCH3 is 1. The van der Waals surface area contributed by atoms with E-state index in [1.807, 2.05) is 41.9 Å². The second kappa shape index (κ2) is 7.99. The summed E-state index contributed by atoms with van der Waals surface area (Å²) in [5.41, 5.74) is 2.78. The fourth-order valence-electron chi connectivity index (χ4n) is 3.15. The van der Waals surface area contributed by atoms with E-state index in [-0.39, 0.29) is 11.8 Å². The maximum atomic E-state index is 12.5. The zero-order chi connectivity index (χ0) is 18.6. The van der Waals surface area contributed by atoms with Gasteiger partial charge in [-0.05, 0) is 24.6 Å². The van der Waals surface area contributed by atoms with Gasteiger partial charge in [0.1, 0.15) is 6.10 Å². The number of rotatable bonds is 6. The number of nitrogens with one attached hydrogen (secondary N) is 1. The van der Waals surface area contributed by atoms with Crippen molar-refractivity contribution in [2.45, 2.75) is 12.5 Å². The second-order valence-corrected chi connectivity index (χ2v) is 7.16. The molecule has 0 spiro atoms. The highest BCUT2D eigenvalue weighted by molar-refractivity contribution is 7.14. The number of anilines is 1. The van der Waals surface area contributed by atoms with Gasteiger partial charge in [0.05, 0.1) is 18.0 Å². The number of benzene rings is 1. The van der Waals surface area contributed by atoms with Crippen LogP contribution in [0.4, 0.5) is 5.13 Å². The van der Waals surface area contributed by atoms with Crippen molar-refractivity contribution in [1.82, 2.24) is 14.8 Å². The average molecular weight is 384 g/mol. The molecule has 1 amide bonds. The molecule has 27 heavy (non-hydrogen) atoms. The van der Waals surface area contributed by atoms with Crippen LogP contribution in [0.15, 0.2) is 48.1 Å². The molecule has 0 bridgehead atoms. The van der Waals surface area contributed by atoms with Crippen LogP contribution >= 0.6 is 11.3 Å². The summed E-state index contributed by atoms with van der Waals surface area (Å²) in [6.07, 6.45) is 3.95. The number of hydrogen-bond acceptors (Lipinski definition) is 6. The van der Waals surface area contributed by atoms with Crippen molar-refractivity contribution in [2.75, 3.05) is 25.6 Å². The average Bonchev–Trinajstić information content (AvgIpc) is 3.45. The number of amides is 1. The number of ether oxygens (including phenoxy) is 2. The van der Waals surface area contributed by atoms with Crippen LogP contribution in [0.5, 0.6) is 0 Å². The quantitative estimate of drug-likeness (QED) is 0.707. The molecule has 8 heteroatoms. The molecule has 3 aromatic rings. The number of carbonyl (C=O) groups is 1. The van der Waals surface area contributed by atoms with E-state index in [4.69, 9.17) is 9.47 Å². The minimum absolute atomic E-state index is 0.0873. The summed E-state index contributed by atoms with van der Waals surface area (Å²) in [5.74, 6) is -0.0906. The molecule has 1 N–H and O–H groups in total. The van der Waals surface area contributed by atoms with E-state index in [9.17, 15) is 4.79 Å². The molecular formula is C19H20N4O3S. The van der Waals surface area contributed by atoms with Crippen LogP contribution < -0.4 is 5.32 Å².